The lowest BCUT2D eigenvalue weighted by molar-refractivity contribution is 0.715. The molecule has 0 radical (unpaired) electrons. The number of nitrogens with zero attached hydrogens (tertiary/aromatic N) is 3. The zero-order valence-electron chi connectivity index (χ0n) is 9.82. The Kier molecular flexibility index (Phi) is 3.24. The molecule has 4 nitrogen and oxygen atoms in total. The molecule has 2 heterocycles. The van der Waals surface area contributed by atoms with E-state index in [4.69, 9.17) is 0 Å². The molecule has 0 aliphatic heterocycles. The second kappa shape index (κ2) is 4.65. The van der Waals surface area contributed by atoms with Gasteiger partial charge in [0.1, 0.15) is 5.51 Å². The SMILES string of the molecule is CCn1c(C)cc(CNc2nncs2)c1C. The van der Waals surface area contributed by atoms with Gasteiger partial charge >= 0.3 is 0 Å². The molecule has 5 heteroatoms. The largest absolute Gasteiger partial charge is 0.356 e. The summed E-state index contributed by atoms with van der Waals surface area (Å²) in [6, 6.07) is 2.23. The van der Waals surface area contributed by atoms with E-state index in [0.717, 1.165) is 18.2 Å². The Morgan fingerprint density at radius 3 is 2.81 bits per heavy atom. The van der Waals surface area contributed by atoms with E-state index in [-0.39, 0.29) is 0 Å². The highest BCUT2D eigenvalue weighted by atomic mass is 32.1. The summed E-state index contributed by atoms with van der Waals surface area (Å²) in [5, 5.41) is 11.9. The zero-order valence-corrected chi connectivity index (χ0v) is 10.6. The molecule has 0 amide bonds. The van der Waals surface area contributed by atoms with Crippen LogP contribution in [0.15, 0.2) is 11.6 Å². The minimum atomic E-state index is 0.814. The number of aryl methyl sites for hydroxylation is 1. The van der Waals surface area contributed by atoms with Crippen molar-refractivity contribution >= 4 is 16.5 Å². The highest BCUT2D eigenvalue weighted by Crippen LogP contribution is 2.17. The minimum absolute atomic E-state index is 0.814. The third-order valence-electron chi connectivity index (χ3n) is 2.78. The van der Waals surface area contributed by atoms with Gasteiger partial charge in [0.2, 0.25) is 5.13 Å². The fourth-order valence-electron chi connectivity index (χ4n) is 1.96. The Morgan fingerprint density at radius 2 is 2.25 bits per heavy atom. The Bertz CT molecular complexity index is 459. The maximum Gasteiger partial charge on any atom is 0.205 e. The molecule has 0 atom stereocenters. The van der Waals surface area contributed by atoms with Gasteiger partial charge in [-0.1, -0.05) is 11.3 Å². The van der Waals surface area contributed by atoms with Crippen molar-refractivity contribution in [3.63, 3.8) is 0 Å². The van der Waals surface area contributed by atoms with Gasteiger partial charge in [-0.3, -0.25) is 0 Å². The predicted molar refractivity (Wildman–Crippen MR) is 66.8 cm³/mol. The van der Waals surface area contributed by atoms with Crippen molar-refractivity contribution in [1.82, 2.24) is 14.8 Å². The van der Waals surface area contributed by atoms with Gasteiger partial charge in [-0.25, -0.2) is 0 Å². The number of anilines is 1. The van der Waals surface area contributed by atoms with Crippen LogP contribution in [0.4, 0.5) is 5.13 Å². The summed E-state index contributed by atoms with van der Waals surface area (Å²) in [4.78, 5) is 0. The van der Waals surface area contributed by atoms with Crippen molar-refractivity contribution in [2.75, 3.05) is 5.32 Å². The van der Waals surface area contributed by atoms with Crippen LogP contribution in [0.5, 0.6) is 0 Å². The topological polar surface area (TPSA) is 42.7 Å². The van der Waals surface area contributed by atoms with Crippen LogP contribution < -0.4 is 5.32 Å². The summed E-state index contributed by atoms with van der Waals surface area (Å²) >= 11 is 1.52. The first kappa shape index (κ1) is 11.1. The average Bonchev–Trinajstić information content (AvgIpc) is 2.85. The van der Waals surface area contributed by atoms with E-state index < -0.39 is 0 Å². The molecule has 0 saturated heterocycles. The first-order valence-electron chi connectivity index (χ1n) is 5.38. The molecular formula is C11H16N4S. The fraction of sp³-hybridized carbons (Fsp3) is 0.455. The van der Waals surface area contributed by atoms with E-state index in [9.17, 15) is 0 Å². The summed E-state index contributed by atoms with van der Waals surface area (Å²) in [6.45, 7) is 8.31. The normalized spacial score (nSPS) is 10.7. The lowest BCUT2D eigenvalue weighted by atomic mass is 10.2. The van der Waals surface area contributed by atoms with Gasteiger partial charge in [-0.2, -0.15) is 0 Å². The second-order valence-corrected chi connectivity index (χ2v) is 4.57. The Morgan fingerprint density at radius 1 is 1.44 bits per heavy atom. The van der Waals surface area contributed by atoms with E-state index in [1.54, 1.807) is 5.51 Å². The second-order valence-electron chi connectivity index (χ2n) is 3.74. The van der Waals surface area contributed by atoms with Crippen molar-refractivity contribution in [2.24, 2.45) is 0 Å². The third-order valence-corrected chi connectivity index (χ3v) is 3.43. The highest BCUT2D eigenvalue weighted by Gasteiger charge is 2.07. The predicted octanol–water partition coefficient (Wildman–Crippen LogP) is 2.59. The van der Waals surface area contributed by atoms with Gasteiger partial charge in [0.25, 0.3) is 0 Å². The van der Waals surface area contributed by atoms with Crippen molar-refractivity contribution in [2.45, 2.75) is 33.9 Å². The fourth-order valence-corrected chi connectivity index (χ4v) is 2.40. The van der Waals surface area contributed by atoms with E-state index >= 15 is 0 Å². The van der Waals surface area contributed by atoms with E-state index in [1.807, 2.05) is 0 Å². The highest BCUT2D eigenvalue weighted by molar-refractivity contribution is 7.13. The lowest BCUT2D eigenvalue weighted by Crippen LogP contribution is -2.02. The van der Waals surface area contributed by atoms with Gasteiger partial charge in [0.15, 0.2) is 0 Å². The van der Waals surface area contributed by atoms with Crippen LogP contribution in [0.25, 0.3) is 0 Å². The minimum Gasteiger partial charge on any atom is -0.356 e. The molecule has 0 aliphatic rings. The van der Waals surface area contributed by atoms with Crippen molar-refractivity contribution in [3.05, 3.63) is 28.5 Å². The van der Waals surface area contributed by atoms with Crippen LogP contribution in [-0.4, -0.2) is 14.8 Å². The molecule has 2 aromatic heterocycles. The number of rotatable bonds is 4. The van der Waals surface area contributed by atoms with Crippen molar-refractivity contribution < 1.29 is 0 Å². The maximum atomic E-state index is 3.96. The number of aromatic nitrogens is 3. The Hall–Kier alpha value is -1.36. The molecule has 0 spiro atoms. The van der Waals surface area contributed by atoms with Crippen LogP contribution >= 0.6 is 11.3 Å². The van der Waals surface area contributed by atoms with Gasteiger partial charge < -0.3 is 9.88 Å². The molecule has 0 bridgehead atoms. The van der Waals surface area contributed by atoms with Gasteiger partial charge in [0, 0.05) is 24.5 Å². The molecule has 0 unspecified atom stereocenters. The molecular weight excluding hydrogens is 220 g/mol. The molecule has 2 rings (SSSR count). The molecule has 86 valence electrons. The standard InChI is InChI=1S/C11H16N4S/c1-4-15-8(2)5-10(9(15)3)6-12-11-14-13-7-16-11/h5,7H,4,6H2,1-3H3,(H,12,14). The number of hydrogen-bond acceptors (Lipinski definition) is 4. The third kappa shape index (κ3) is 2.09. The molecule has 0 saturated carbocycles. The first-order chi connectivity index (χ1) is 7.72. The zero-order chi connectivity index (χ0) is 11.5. The van der Waals surface area contributed by atoms with Crippen LogP contribution in [0.3, 0.4) is 0 Å². The van der Waals surface area contributed by atoms with Crippen molar-refractivity contribution in [1.29, 1.82) is 0 Å². The van der Waals surface area contributed by atoms with Crippen molar-refractivity contribution in [3.8, 4) is 0 Å². The van der Waals surface area contributed by atoms with Gasteiger partial charge in [0.05, 0.1) is 0 Å². The summed E-state index contributed by atoms with van der Waals surface area (Å²) in [6.07, 6.45) is 0. The summed E-state index contributed by atoms with van der Waals surface area (Å²) < 4.78 is 2.32. The number of nitrogens with one attached hydrogen (secondary N) is 1. The first-order valence-corrected chi connectivity index (χ1v) is 6.26. The van der Waals surface area contributed by atoms with Crippen LogP contribution in [-0.2, 0) is 13.1 Å². The smallest absolute Gasteiger partial charge is 0.205 e. The van der Waals surface area contributed by atoms with Crippen LogP contribution in [0, 0.1) is 13.8 Å². The van der Waals surface area contributed by atoms with E-state index in [0.29, 0.717) is 0 Å². The van der Waals surface area contributed by atoms with Gasteiger partial charge in [-0.15, -0.1) is 10.2 Å². The summed E-state index contributed by atoms with van der Waals surface area (Å²) in [5.74, 6) is 0. The average molecular weight is 236 g/mol. The summed E-state index contributed by atoms with van der Waals surface area (Å²) in [7, 11) is 0. The Labute approximate surface area is 99.3 Å². The number of hydrogen-bond donors (Lipinski definition) is 1. The molecule has 0 fully saturated rings. The maximum absolute atomic E-state index is 3.96. The van der Waals surface area contributed by atoms with Crippen LogP contribution in [0.2, 0.25) is 0 Å². The monoisotopic (exact) mass is 236 g/mol. The summed E-state index contributed by atoms with van der Waals surface area (Å²) in [5.41, 5.74) is 5.71. The Balaban J connectivity index is 2.10. The van der Waals surface area contributed by atoms with Crippen LogP contribution in [0.1, 0.15) is 23.9 Å². The molecule has 0 aliphatic carbocycles. The quantitative estimate of drug-likeness (QED) is 0.887. The molecule has 2 aromatic rings. The lowest BCUT2D eigenvalue weighted by Gasteiger charge is -2.06. The molecule has 16 heavy (non-hydrogen) atoms. The molecule has 0 aromatic carbocycles. The van der Waals surface area contributed by atoms with E-state index in [1.165, 1.54) is 28.3 Å². The van der Waals surface area contributed by atoms with Gasteiger partial charge in [-0.05, 0) is 32.4 Å². The molecule has 1 N–H and O–H groups in total. The van der Waals surface area contributed by atoms with E-state index in [2.05, 4.69) is 46.9 Å².